The highest BCUT2D eigenvalue weighted by molar-refractivity contribution is 5.70. The van der Waals surface area contributed by atoms with Gasteiger partial charge in [-0.05, 0) is 18.1 Å². The molecule has 1 aromatic rings. The van der Waals surface area contributed by atoms with Crippen LogP contribution in [-0.2, 0) is 0 Å². The summed E-state index contributed by atoms with van der Waals surface area (Å²) in [7, 11) is 3.34. The largest absolute Gasteiger partial charge is 0.493 e. The molecular weight excluding hydrogens is 188 g/mol. The zero-order valence-corrected chi connectivity index (χ0v) is 9.33. The topological polar surface area (TPSA) is 18.5 Å². The van der Waals surface area contributed by atoms with Crippen molar-refractivity contribution < 1.29 is 9.47 Å². The summed E-state index contributed by atoms with van der Waals surface area (Å²) in [5.74, 6) is 2.98. The lowest BCUT2D eigenvalue weighted by molar-refractivity contribution is 0.354. The molecule has 1 radical (unpaired) electrons. The fourth-order valence-electron chi connectivity index (χ4n) is 1.95. The molecule has 0 aromatic heterocycles. The van der Waals surface area contributed by atoms with Crippen LogP contribution in [0.15, 0.2) is 18.2 Å². The lowest BCUT2D eigenvalue weighted by atomic mass is 9.88. The molecule has 0 atom stereocenters. The molecule has 1 aromatic carbocycles. The molecule has 15 heavy (non-hydrogen) atoms. The summed E-state index contributed by atoms with van der Waals surface area (Å²) in [6.07, 6.45) is 5.27. The number of methoxy groups -OCH3 is 2. The van der Waals surface area contributed by atoms with E-state index < -0.39 is 0 Å². The summed E-state index contributed by atoms with van der Waals surface area (Å²) in [6.45, 7) is 2.15. The molecule has 0 bridgehead atoms. The van der Waals surface area contributed by atoms with Crippen LogP contribution in [0.2, 0.25) is 0 Å². The summed E-state index contributed by atoms with van der Waals surface area (Å²) >= 11 is 0. The van der Waals surface area contributed by atoms with Gasteiger partial charge in [-0.1, -0.05) is 25.1 Å². The van der Waals surface area contributed by atoms with Crippen LogP contribution in [0.1, 0.15) is 24.5 Å². The maximum absolute atomic E-state index is 5.39. The van der Waals surface area contributed by atoms with E-state index in [2.05, 4.69) is 25.1 Å². The molecule has 1 aliphatic rings. The van der Waals surface area contributed by atoms with E-state index >= 15 is 0 Å². The molecule has 0 heterocycles. The molecule has 0 unspecified atom stereocenters. The Balaban J connectivity index is 2.60. The lowest BCUT2D eigenvalue weighted by Crippen LogP contribution is -2.04. The van der Waals surface area contributed by atoms with Crippen LogP contribution >= 0.6 is 0 Å². The van der Waals surface area contributed by atoms with Crippen molar-refractivity contribution in [3.63, 3.8) is 0 Å². The van der Waals surface area contributed by atoms with Crippen molar-refractivity contribution in [2.75, 3.05) is 14.2 Å². The Kier molecular flexibility index (Phi) is 2.67. The van der Waals surface area contributed by atoms with Crippen molar-refractivity contribution >= 4 is 6.08 Å². The highest BCUT2D eigenvalue weighted by atomic mass is 16.5. The second kappa shape index (κ2) is 3.97. The molecule has 1 aliphatic carbocycles. The van der Waals surface area contributed by atoms with Crippen LogP contribution in [0.5, 0.6) is 11.5 Å². The highest BCUT2D eigenvalue weighted by Crippen LogP contribution is 2.40. The summed E-state index contributed by atoms with van der Waals surface area (Å²) in [6, 6.07) is 4.05. The van der Waals surface area contributed by atoms with Crippen LogP contribution in [-0.4, -0.2) is 14.2 Å². The zero-order valence-electron chi connectivity index (χ0n) is 9.33. The number of rotatable bonds is 2. The average molecular weight is 203 g/mol. The van der Waals surface area contributed by atoms with Gasteiger partial charge < -0.3 is 9.47 Å². The van der Waals surface area contributed by atoms with E-state index in [1.54, 1.807) is 14.2 Å². The summed E-state index contributed by atoms with van der Waals surface area (Å²) in [5.41, 5.74) is 2.38. The van der Waals surface area contributed by atoms with E-state index in [-0.39, 0.29) is 0 Å². The SMILES string of the molecule is COc1ccc2c(c1OC)C=CC[C]2C. The molecule has 0 spiro atoms. The minimum Gasteiger partial charge on any atom is -0.493 e. The van der Waals surface area contributed by atoms with Crippen LogP contribution in [0, 0.1) is 5.92 Å². The first-order chi connectivity index (χ1) is 7.27. The first-order valence-corrected chi connectivity index (χ1v) is 5.02. The lowest BCUT2D eigenvalue weighted by Gasteiger charge is -2.20. The van der Waals surface area contributed by atoms with Gasteiger partial charge in [0.2, 0.25) is 0 Å². The fourth-order valence-corrected chi connectivity index (χ4v) is 1.95. The third-order valence-electron chi connectivity index (χ3n) is 2.75. The second-order valence-electron chi connectivity index (χ2n) is 3.65. The van der Waals surface area contributed by atoms with Crippen LogP contribution in [0.4, 0.5) is 0 Å². The van der Waals surface area contributed by atoms with Gasteiger partial charge in [0, 0.05) is 11.5 Å². The molecule has 0 aliphatic heterocycles. The van der Waals surface area contributed by atoms with Crippen LogP contribution < -0.4 is 9.47 Å². The van der Waals surface area contributed by atoms with Crippen molar-refractivity contribution in [3.8, 4) is 11.5 Å². The summed E-state index contributed by atoms with van der Waals surface area (Å²) in [4.78, 5) is 0. The number of hydrogen-bond acceptors (Lipinski definition) is 2. The normalized spacial score (nSPS) is 14.9. The molecule has 0 fully saturated rings. The molecule has 0 saturated heterocycles. The fraction of sp³-hybridized carbons (Fsp3) is 0.308. The Morgan fingerprint density at radius 3 is 2.60 bits per heavy atom. The molecule has 0 amide bonds. The van der Waals surface area contributed by atoms with Crippen molar-refractivity contribution in [2.45, 2.75) is 13.3 Å². The minimum atomic E-state index is 0.788. The predicted octanol–water partition coefficient (Wildman–Crippen LogP) is 3.06. The number of fused-ring (bicyclic) bond motifs is 1. The molecular formula is C13H15O2. The van der Waals surface area contributed by atoms with Gasteiger partial charge in [0.05, 0.1) is 14.2 Å². The summed E-state index contributed by atoms with van der Waals surface area (Å²) in [5, 5.41) is 0. The summed E-state index contributed by atoms with van der Waals surface area (Å²) < 4.78 is 10.7. The van der Waals surface area contributed by atoms with Gasteiger partial charge in [0.25, 0.3) is 0 Å². The van der Waals surface area contributed by atoms with Crippen molar-refractivity contribution in [2.24, 2.45) is 0 Å². The molecule has 0 saturated carbocycles. The first kappa shape index (κ1) is 10.1. The zero-order chi connectivity index (χ0) is 10.8. The van der Waals surface area contributed by atoms with E-state index in [1.165, 1.54) is 11.5 Å². The van der Waals surface area contributed by atoms with E-state index in [4.69, 9.17) is 9.47 Å². The molecule has 0 N–H and O–H groups in total. The standard InChI is InChI=1S/C13H15O2/c1-9-5-4-6-11-10(9)7-8-12(14-2)13(11)15-3/h4,6-8H,5H2,1-3H3. The predicted molar refractivity (Wildman–Crippen MR) is 61.2 cm³/mol. The van der Waals surface area contributed by atoms with E-state index in [9.17, 15) is 0 Å². The Bertz CT molecular complexity index is 394. The Hall–Kier alpha value is -1.44. The second-order valence-corrected chi connectivity index (χ2v) is 3.65. The van der Waals surface area contributed by atoms with E-state index in [1.807, 2.05) is 6.07 Å². The van der Waals surface area contributed by atoms with Crippen molar-refractivity contribution in [3.05, 3.63) is 35.3 Å². The van der Waals surface area contributed by atoms with Crippen LogP contribution in [0.3, 0.4) is 0 Å². The van der Waals surface area contributed by atoms with Crippen LogP contribution in [0.25, 0.3) is 6.08 Å². The Labute approximate surface area is 90.5 Å². The first-order valence-electron chi connectivity index (χ1n) is 5.02. The maximum atomic E-state index is 5.39. The van der Waals surface area contributed by atoms with Gasteiger partial charge in [-0.15, -0.1) is 0 Å². The van der Waals surface area contributed by atoms with Crippen molar-refractivity contribution in [1.29, 1.82) is 0 Å². The monoisotopic (exact) mass is 203 g/mol. The number of ether oxygens (including phenoxy) is 2. The average Bonchev–Trinajstić information content (AvgIpc) is 2.28. The molecule has 2 nitrogen and oxygen atoms in total. The van der Waals surface area contributed by atoms with Gasteiger partial charge >= 0.3 is 0 Å². The van der Waals surface area contributed by atoms with Gasteiger partial charge in [-0.2, -0.15) is 0 Å². The van der Waals surface area contributed by atoms with Gasteiger partial charge in [0.1, 0.15) is 0 Å². The Morgan fingerprint density at radius 2 is 1.93 bits per heavy atom. The smallest absolute Gasteiger partial charge is 0.168 e. The number of hydrogen-bond donors (Lipinski definition) is 0. The molecule has 79 valence electrons. The van der Waals surface area contributed by atoms with Gasteiger partial charge in [-0.3, -0.25) is 0 Å². The van der Waals surface area contributed by atoms with Gasteiger partial charge in [0.15, 0.2) is 11.5 Å². The van der Waals surface area contributed by atoms with E-state index in [0.29, 0.717) is 0 Å². The quantitative estimate of drug-likeness (QED) is 0.735. The number of allylic oxidation sites excluding steroid dienone is 1. The third-order valence-corrected chi connectivity index (χ3v) is 2.75. The third kappa shape index (κ3) is 1.60. The van der Waals surface area contributed by atoms with Crippen molar-refractivity contribution in [1.82, 2.24) is 0 Å². The highest BCUT2D eigenvalue weighted by Gasteiger charge is 2.19. The minimum absolute atomic E-state index is 0.788. The van der Waals surface area contributed by atoms with E-state index in [0.717, 1.165) is 23.5 Å². The number of benzene rings is 1. The molecule has 2 rings (SSSR count). The maximum Gasteiger partial charge on any atom is 0.168 e. The Morgan fingerprint density at radius 1 is 1.13 bits per heavy atom. The van der Waals surface area contributed by atoms with Gasteiger partial charge in [-0.25, -0.2) is 0 Å². The molecule has 2 heteroatoms.